The Labute approximate surface area is 99.0 Å². The quantitative estimate of drug-likeness (QED) is 0.541. The number of rotatable bonds is 3. The lowest BCUT2D eigenvalue weighted by molar-refractivity contribution is 0.350. The molecule has 2 aromatic rings. The number of hydrogen-bond donors (Lipinski definition) is 3. The van der Waals surface area contributed by atoms with Gasteiger partial charge in [-0.15, -0.1) is 0 Å². The predicted molar refractivity (Wildman–Crippen MR) is 63.4 cm³/mol. The number of imidazole rings is 1. The van der Waals surface area contributed by atoms with Crippen molar-refractivity contribution in [3.8, 4) is 5.75 Å². The van der Waals surface area contributed by atoms with Gasteiger partial charge in [0.25, 0.3) is 0 Å². The van der Waals surface area contributed by atoms with Gasteiger partial charge in [-0.2, -0.15) is 0 Å². The number of aromatic amines is 1. The molecule has 2 heterocycles. The van der Waals surface area contributed by atoms with Crippen molar-refractivity contribution in [3.63, 3.8) is 0 Å². The number of aromatic nitrogens is 2. The van der Waals surface area contributed by atoms with E-state index in [-0.39, 0.29) is 6.04 Å². The summed E-state index contributed by atoms with van der Waals surface area (Å²) < 4.78 is 5.67. The van der Waals surface area contributed by atoms with Crippen LogP contribution in [0.3, 0.4) is 0 Å². The Balaban J connectivity index is 2.06. The van der Waals surface area contributed by atoms with Crippen molar-refractivity contribution in [1.82, 2.24) is 15.4 Å². The van der Waals surface area contributed by atoms with Gasteiger partial charge in [-0.05, 0) is 5.56 Å². The first-order valence-corrected chi connectivity index (χ1v) is 5.60. The molecule has 5 nitrogen and oxygen atoms in total. The second-order valence-electron chi connectivity index (χ2n) is 4.01. The topological polar surface area (TPSA) is 76.0 Å². The normalized spacial score (nSPS) is 15.4. The van der Waals surface area contributed by atoms with Crippen LogP contribution in [0, 0.1) is 0 Å². The van der Waals surface area contributed by atoms with E-state index in [1.807, 2.05) is 12.1 Å². The van der Waals surface area contributed by atoms with Crippen LogP contribution in [-0.2, 0) is 6.42 Å². The maximum Gasteiger partial charge on any atom is 0.129 e. The van der Waals surface area contributed by atoms with Gasteiger partial charge >= 0.3 is 0 Å². The summed E-state index contributed by atoms with van der Waals surface area (Å²) in [4.78, 5) is 7.30. The lowest BCUT2D eigenvalue weighted by atomic mass is 10.0. The zero-order valence-electron chi connectivity index (χ0n) is 9.31. The number of para-hydroxylation sites is 1. The van der Waals surface area contributed by atoms with Crippen molar-refractivity contribution in [3.05, 3.63) is 47.5 Å². The third-order valence-corrected chi connectivity index (χ3v) is 3.02. The minimum atomic E-state index is -0.168. The molecule has 0 radical (unpaired) electrons. The molecule has 0 saturated heterocycles. The minimum absolute atomic E-state index is 0.168. The van der Waals surface area contributed by atoms with Crippen LogP contribution >= 0.6 is 0 Å². The molecule has 1 unspecified atom stereocenters. The fraction of sp³-hybridized carbons (Fsp3) is 0.250. The van der Waals surface area contributed by atoms with E-state index >= 15 is 0 Å². The summed E-state index contributed by atoms with van der Waals surface area (Å²) in [6.45, 7) is 0.738. The van der Waals surface area contributed by atoms with Crippen LogP contribution in [0.25, 0.3) is 0 Å². The van der Waals surface area contributed by atoms with Gasteiger partial charge in [-0.25, -0.2) is 10.4 Å². The maximum atomic E-state index is 5.67. The average Bonchev–Trinajstić information content (AvgIpc) is 3.00. The molecule has 17 heavy (non-hydrogen) atoms. The second-order valence-corrected chi connectivity index (χ2v) is 4.01. The number of nitrogens with one attached hydrogen (secondary N) is 2. The van der Waals surface area contributed by atoms with Crippen molar-refractivity contribution in [1.29, 1.82) is 0 Å². The predicted octanol–water partition coefficient (Wildman–Crippen LogP) is 0.897. The van der Waals surface area contributed by atoms with Crippen LogP contribution < -0.4 is 16.0 Å². The highest BCUT2D eigenvalue weighted by atomic mass is 16.5. The van der Waals surface area contributed by atoms with Crippen molar-refractivity contribution in [2.75, 3.05) is 6.61 Å². The van der Waals surface area contributed by atoms with Crippen LogP contribution in [0.5, 0.6) is 5.75 Å². The van der Waals surface area contributed by atoms with Crippen molar-refractivity contribution >= 4 is 0 Å². The Morgan fingerprint density at radius 3 is 3.18 bits per heavy atom. The number of nitrogens with two attached hydrogens (primary N) is 1. The summed E-state index contributed by atoms with van der Waals surface area (Å²) >= 11 is 0. The first-order chi connectivity index (χ1) is 8.40. The largest absolute Gasteiger partial charge is 0.493 e. The second kappa shape index (κ2) is 4.20. The fourth-order valence-electron chi connectivity index (χ4n) is 2.22. The van der Waals surface area contributed by atoms with Crippen molar-refractivity contribution in [2.45, 2.75) is 12.5 Å². The molecular weight excluding hydrogens is 216 g/mol. The van der Waals surface area contributed by atoms with Gasteiger partial charge in [0, 0.05) is 24.4 Å². The average molecular weight is 230 g/mol. The van der Waals surface area contributed by atoms with Gasteiger partial charge < -0.3 is 9.72 Å². The highest BCUT2D eigenvalue weighted by molar-refractivity contribution is 5.47. The molecule has 0 bridgehead atoms. The number of benzene rings is 1. The molecule has 0 amide bonds. The number of ether oxygens (including phenoxy) is 1. The zero-order valence-corrected chi connectivity index (χ0v) is 9.31. The van der Waals surface area contributed by atoms with Gasteiger partial charge in [0.05, 0.1) is 6.61 Å². The molecule has 1 aliphatic rings. The van der Waals surface area contributed by atoms with Crippen LogP contribution in [-0.4, -0.2) is 16.6 Å². The lowest BCUT2D eigenvalue weighted by Gasteiger charge is -2.16. The van der Waals surface area contributed by atoms with Gasteiger partial charge in [0.2, 0.25) is 0 Å². The van der Waals surface area contributed by atoms with Crippen LogP contribution in [0.2, 0.25) is 0 Å². The van der Waals surface area contributed by atoms with E-state index in [1.165, 1.54) is 5.56 Å². The molecule has 88 valence electrons. The first kappa shape index (κ1) is 10.3. The van der Waals surface area contributed by atoms with E-state index in [0.29, 0.717) is 0 Å². The van der Waals surface area contributed by atoms with Crippen LogP contribution in [0.4, 0.5) is 0 Å². The highest BCUT2D eigenvalue weighted by Gasteiger charge is 2.23. The Hall–Kier alpha value is -1.85. The van der Waals surface area contributed by atoms with E-state index in [4.69, 9.17) is 10.6 Å². The standard InChI is InChI=1S/C12H14N4O/c13-16-10(12-14-5-6-15-12)9-3-1-2-8-4-7-17-11(8)9/h1-3,5-6,10,16H,4,7,13H2,(H,14,15). The molecule has 5 heteroatoms. The molecule has 1 aliphatic heterocycles. The lowest BCUT2D eigenvalue weighted by Crippen LogP contribution is -2.30. The monoisotopic (exact) mass is 230 g/mol. The summed E-state index contributed by atoms with van der Waals surface area (Å²) in [6.07, 6.45) is 4.45. The molecule has 0 spiro atoms. The third-order valence-electron chi connectivity index (χ3n) is 3.02. The summed E-state index contributed by atoms with van der Waals surface area (Å²) in [5.74, 6) is 7.35. The van der Waals surface area contributed by atoms with E-state index < -0.39 is 0 Å². The molecule has 0 aliphatic carbocycles. The Morgan fingerprint density at radius 1 is 1.47 bits per heavy atom. The molecule has 4 N–H and O–H groups in total. The summed E-state index contributed by atoms with van der Waals surface area (Å²) in [6, 6.07) is 5.95. The molecule has 0 fully saturated rings. The smallest absolute Gasteiger partial charge is 0.129 e. The summed E-state index contributed by atoms with van der Waals surface area (Å²) in [5.41, 5.74) is 5.03. The molecule has 1 aromatic carbocycles. The number of fused-ring (bicyclic) bond motifs is 1. The highest BCUT2D eigenvalue weighted by Crippen LogP contribution is 2.34. The molecule has 1 atom stereocenters. The number of nitrogens with zero attached hydrogens (tertiary/aromatic N) is 1. The van der Waals surface area contributed by atoms with E-state index in [2.05, 4.69) is 21.5 Å². The Bertz CT molecular complexity index is 509. The van der Waals surface area contributed by atoms with E-state index in [9.17, 15) is 0 Å². The minimum Gasteiger partial charge on any atom is -0.493 e. The molecule has 0 saturated carbocycles. The molecule has 1 aromatic heterocycles. The van der Waals surface area contributed by atoms with E-state index in [0.717, 1.165) is 30.2 Å². The first-order valence-electron chi connectivity index (χ1n) is 5.60. The fourth-order valence-corrected chi connectivity index (χ4v) is 2.22. The van der Waals surface area contributed by atoms with Gasteiger partial charge in [-0.1, -0.05) is 18.2 Å². The van der Waals surface area contributed by atoms with Crippen molar-refractivity contribution in [2.24, 2.45) is 5.84 Å². The van der Waals surface area contributed by atoms with Gasteiger partial charge in [0.1, 0.15) is 17.6 Å². The van der Waals surface area contributed by atoms with Gasteiger partial charge in [-0.3, -0.25) is 5.84 Å². The van der Waals surface area contributed by atoms with E-state index in [1.54, 1.807) is 12.4 Å². The SMILES string of the molecule is NNC(c1ncc[nH]1)c1cccc2c1OCC2. The molecular formula is C12H14N4O. The maximum absolute atomic E-state index is 5.67. The summed E-state index contributed by atoms with van der Waals surface area (Å²) in [7, 11) is 0. The third kappa shape index (κ3) is 1.69. The molecule has 3 rings (SSSR count). The van der Waals surface area contributed by atoms with Crippen LogP contribution in [0.15, 0.2) is 30.6 Å². The summed E-state index contributed by atoms with van der Waals surface area (Å²) in [5, 5.41) is 0. The Morgan fingerprint density at radius 2 is 2.41 bits per heavy atom. The number of hydrogen-bond acceptors (Lipinski definition) is 4. The Kier molecular flexibility index (Phi) is 2.55. The number of H-pyrrole nitrogens is 1. The van der Waals surface area contributed by atoms with Crippen molar-refractivity contribution < 1.29 is 4.74 Å². The number of hydrazine groups is 1. The zero-order chi connectivity index (χ0) is 11.7. The van der Waals surface area contributed by atoms with Gasteiger partial charge in [0.15, 0.2) is 0 Å². The van der Waals surface area contributed by atoms with Crippen LogP contribution in [0.1, 0.15) is 23.0 Å².